The minimum Gasteiger partial charge on any atom is -0.481 e. The van der Waals surface area contributed by atoms with Gasteiger partial charge >= 0.3 is 11.9 Å². The second kappa shape index (κ2) is 17.9. The van der Waals surface area contributed by atoms with E-state index in [1.54, 1.807) is 0 Å². The summed E-state index contributed by atoms with van der Waals surface area (Å²) in [6.07, 6.45) is 1.15. The lowest BCUT2D eigenvalue weighted by Crippen LogP contribution is -2.57. The Kier molecular flexibility index (Phi) is 16.2. The van der Waals surface area contributed by atoms with Crippen LogP contribution in [-0.2, 0) is 24.0 Å². The summed E-state index contributed by atoms with van der Waals surface area (Å²) in [7, 11) is 0. The Bertz CT molecular complexity index is 793. The maximum atomic E-state index is 13.1. The van der Waals surface area contributed by atoms with Gasteiger partial charge in [-0.25, -0.2) is 4.79 Å². The van der Waals surface area contributed by atoms with Gasteiger partial charge in [-0.1, -0.05) is 13.8 Å². The number of hydrogen-bond donors (Lipinski definition) is 10. The lowest BCUT2D eigenvalue weighted by molar-refractivity contribution is -0.142. The molecule has 0 heterocycles. The first-order chi connectivity index (χ1) is 17.3. The highest BCUT2D eigenvalue weighted by Gasteiger charge is 2.30. The summed E-state index contributed by atoms with van der Waals surface area (Å²) in [4.78, 5) is 60.9. The average molecular weight is 531 g/mol. The quantitative estimate of drug-likeness (QED) is 0.0484. The molecule has 0 spiro atoms. The maximum absolute atomic E-state index is 13.1. The van der Waals surface area contributed by atoms with Crippen molar-refractivity contribution in [3.8, 4) is 0 Å². The molecule has 0 aromatic heterocycles. The highest BCUT2D eigenvalue weighted by Crippen LogP contribution is 2.09. The number of nitrogens with one attached hydrogen (secondary N) is 5. The number of carboxylic acids is 2. The molecule has 0 fully saturated rings. The molecule has 0 aliphatic rings. The van der Waals surface area contributed by atoms with Gasteiger partial charge in [-0.15, -0.1) is 0 Å². The van der Waals surface area contributed by atoms with E-state index in [9.17, 15) is 29.1 Å². The van der Waals surface area contributed by atoms with Gasteiger partial charge in [0, 0.05) is 6.54 Å². The Labute approximate surface area is 216 Å². The molecular weight excluding hydrogens is 488 g/mol. The molecule has 212 valence electrons. The molecule has 0 bridgehead atoms. The number of carboxylic acid groups (broad SMARTS) is 2. The van der Waals surface area contributed by atoms with Crippen molar-refractivity contribution in [2.24, 2.45) is 23.1 Å². The Morgan fingerprint density at radius 3 is 1.89 bits per heavy atom. The third-order valence-electron chi connectivity index (χ3n) is 5.25. The van der Waals surface area contributed by atoms with E-state index in [2.05, 4.69) is 21.3 Å². The van der Waals surface area contributed by atoms with Crippen molar-refractivity contribution in [2.45, 2.75) is 83.0 Å². The zero-order chi connectivity index (χ0) is 28.5. The van der Waals surface area contributed by atoms with Crippen LogP contribution >= 0.6 is 0 Å². The van der Waals surface area contributed by atoms with E-state index in [1.165, 1.54) is 0 Å². The molecular formula is C22H42N8O7. The molecule has 0 unspecified atom stereocenters. The van der Waals surface area contributed by atoms with E-state index >= 15 is 0 Å². The van der Waals surface area contributed by atoms with Crippen LogP contribution in [0, 0.1) is 11.3 Å². The smallest absolute Gasteiger partial charge is 0.326 e. The topological polar surface area (TPSA) is 276 Å². The molecule has 0 aliphatic heterocycles. The summed E-state index contributed by atoms with van der Waals surface area (Å²) in [6, 6.07) is -4.83. The summed E-state index contributed by atoms with van der Waals surface area (Å²) in [6.45, 7) is 4.24. The summed E-state index contributed by atoms with van der Waals surface area (Å²) < 4.78 is 0. The summed E-state index contributed by atoms with van der Waals surface area (Å²) >= 11 is 0. The zero-order valence-corrected chi connectivity index (χ0v) is 21.4. The third kappa shape index (κ3) is 15.3. The van der Waals surface area contributed by atoms with Gasteiger partial charge in [0.05, 0.1) is 12.5 Å². The van der Waals surface area contributed by atoms with Gasteiger partial charge in [0.2, 0.25) is 17.7 Å². The van der Waals surface area contributed by atoms with Crippen LogP contribution in [0.1, 0.15) is 58.8 Å². The van der Waals surface area contributed by atoms with Crippen LogP contribution < -0.4 is 38.5 Å². The fourth-order valence-corrected chi connectivity index (χ4v) is 3.36. The molecule has 13 N–H and O–H groups in total. The van der Waals surface area contributed by atoms with E-state index in [4.69, 9.17) is 27.7 Å². The molecule has 0 saturated heterocycles. The van der Waals surface area contributed by atoms with E-state index < -0.39 is 60.2 Å². The van der Waals surface area contributed by atoms with Gasteiger partial charge in [-0.2, -0.15) is 0 Å². The number of unbranched alkanes of at least 4 members (excludes halogenated alkanes) is 1. The number of hydrogen-bond acceptors (Lipinski definition) is 8. The van der Waals surface area contributed by atoms with E-state index in [0.29, 0.717) is 19.4 Å². The van der Waals surface area contributed by atoms with E-state index in [1.807, 2.05) is 13.8 Å². The van der Waals surface area contributed by atoms with E-state index in [-0.39, 0.29) is 44.1 Å². The predicted octanol–water partition coefficient (Wildman–Crippen LogP) is -2.23. The Hall–Kier alpha value is -3.46. The number of aliphatic carboxylic acids is 2. The number of carbonyl (C=O) groups is 5. The first-order valence-electron chi connectivity index (χ1n) is 12.2. The minimum absolute atomic E-state index is 0.0478. The number of carbonyl (C=O) groups excluding carboxylic acids is 3. The Morgan fingerprint density at radius 2 is 1.38 bits per heavy atom. The number of nitrogens with two attached hydrogens (primary N) is 3. The third-order valence-corrected chi connectivity index (χ3v) is 5.25. The standard InChI is InChI=1S/C22H42N8O7/c1-12(2)10-16(20(35)29-15(21(36)37)6-3-4-8-23)30-19(34)14(7-5-9-27-22(25)26)28-18(33)13(24)11-17(31)32/h12-16H,3-11,23-24H2,1-2H3,(H,28,33)(H,29,35)(H,30,34)(H,31,32)(H,36,37)(H4,25,26,27)/t13-,14-,15-,16-/m0/s1. The van der Waals surface area contributed by atoms with Crippen molar-refractivity contribution in [1.82, 2.24) is 21.3 Å². The fourth-order valence-electron chi connectivity index (χ4n) is 3.36. The van der Waals surface area contributed by atoms with Crippen molar-refractivity contribution >= 4 is 35.6 Å². The molecule has 0 radical (unpaired) electrons. The van der Waals surface area contributed by atoms with Gasteiger partial charge in [-0.05, 0) is 51.0 Å². The lowest BCUT2D eigenvalue weighted by atomic mass is 10.0. The van der Waals surface area contributed by atoms with Gasteiger partial charge in [0.1, 0.15) is 18.1 Å². The Morgan fingerprint density at radius 1 is 0.838 bits per heavy atom. The molecule has 37 heavy (non-hydrogen) atoms. The number of rotatable bonds is 19. The van der Waals surface area contributed by atoms with E-state index in [0.717, 1.165) is 0 Å². The first-order valence-corrected chi connectivity index (χ1v) is 12.2. The highest BCUT2D eigenvalue weighted by molar-refractivity contribution is 5.94. The highest BCUT2D eigenvalue weighted by atomic mass is 16.4. The molecule has 15 heteroatoms. The molecule has 0 rings (SSSR count). The molecule has 3 amide bonds. The maximum Gasteiger partial charge on any atom is 0.326 e. The van der Waals surface area contributed by atoms with Crippen LogP contribution in [0.25, 0.3) is 0 Å². The number of amides is 3. The predicted molar refractivity (Wildman–Crippen MR) is 135 cm³/mol. The summed E-state index contributed by atoms with van der Waals surface area (Å²) in [5.74, 6) is -5.10. The Balaban J connectivity index is 5.55. The molecule has 15 nitrogen and oxygen atoms in total. The van der Waals surface area contributed by atoms with Crippen LogP contribution in [0.2, 0.25) is 0 Å². The second-order valence-corrected chi connectivity index (χ2v) is 9.12. The summed E-state index contributed by atoms with van der Waals surface area (Å²) in [5, 5.41) is 35.5. The van der Waals surface area contributed by atoms with Crippen molar-refractivity contribution in [3.05, 3.63) is 0 Å². The summed E-state index contributed by atoms with van der Waals surface area (Å²) in [5.41, 5.74) is 16.3. The van der Waals surface area contributed by atoms with Crippen LogP contribution in [0.3, 0.4) is 0 Å². The first kappa shape index (κ1) is 33.5. The average Bonchev–Trinajstić information content (AvgIpc) is 2.78. The molecule has 4 atom stereocenters. The second-order valence-electron chi connectivity index (χ2n) is 9.12. The van der Waals surface area contributed by atoms with Crippen LogP contribution in [0.4, 0.5) is 0 Å². The monoisotopic (exact) mass is 530 g/mol. The van der Waals surface area contributed by atoms with Crippen molar-refractivity contribution in [3.63, 3.8) is 0 Å². The van der Waals surface area contributed by atoms with Crippen molar-refractivity contribution in [2.75, 3.05) is 13.1 Å². The van der Waals surface area contributed by atoms with Crippen LogP contribution in [0.15, 0.2) is 0 Å². The van der Waals surface area contributed by atoms with Gasteiger partial charge in [0.15, 0.2) is 5.96 Å². The van der Waals surface area contributed by atoms with Crippen LogP contribution in [-0.4, -0.2) is 83.1 Å². The zero-order valence-electron chi connectivity index (χ0n) is 21.4. The molecule has 0 aromatic rings. The number of guanidine groups is 1. The van der Waals surface area contributed by atoms with Gasteiger partial charge < -0.3 is 48.7 Å². The molecule has 0 saturated carbocycles. The van der Waals surface area contributed by atoms with Crippen molar-refractivity contribution in [1.29, 1.82) is 5.41 Å². The fraction of sp³-hybridized carbons (Fsp3) is 0.727. The molecule has 0 aromatic carbocycles. The lowest BCUT2D eigenvalue weighted by Gasteiger charge is -2.26. The van der Waals surface area contributed by atoms with Crippen molar-refractivity contribution < 1.29 is 34.2 Å². The minimum atomic E-state index is -1.40. The largest absolute Gasteiger partial charge is 0.481 e. The normalized spacial score (nSPS) is 14.1. The van der Waals surface area contributed by atoms with Gasteiger partial charge in [0.25, 0.3) is 0 Å². The van der Waals surface area contributed by atoms with Gasteiger partial charge in [-0.3, -0.25) is 24.6 Å². The SMILES string of the molecule is CC(C)C[C@H](NC(=O)[C@H](CCCNC(=N)N)NC(=O)[C@@H](N)CC(=O)O)C(=O)N[C@@H](CCCCN)C(=O)O. The van der Waals surface area contributed by atoms with Crippen LogP contribution in [0.5, 0.6) is 0 Å². The molecule has 0 aliphatic carbocycles.